The maximum absolute atomic E-state index is 12.4. The smallest absolute Gasteiger partial charge is 0.310 e. The molecule has 2 rings (SSSR count). The van der Waals surface area contributed by atoms with E-state index in [1.807, 2.05) is 37.2 Å². The highest BCUT2D eigenvalue weighted by Crippen LogP contribution is 2.21. The third-order valence-electron chi connectivity index (χ3n) is 3.62. The fourth-order valence-corrected chi connectivity index (χ4v) is 2.40. The van der Waals surface area contributed by atoms with Gasteiger partial charge in [-0.3, -0.25) is 9.59 Å². The second kappa shape index (κ2) is 5.94. The Labute approximate surface area is 119 Å². The van der Waals surface area contributed by atoms with Crippen molar-refractivity contribution >= 4 is 17.6 Å². The van der Waals surface area contributed by atoms with Crippen LogP contribution in [0.2, 0.25) is 0 Å². The van der Waals surface area contributed by atoms with Gasteiger partial charge in [0.1, 0.15) is 0 Å². The molecule has 0 bridgehead atoms. The normalized spacial score (nSPS) is 17.9. The Kier molecular flexibility index (Phi) is 4.27. The Morgan fingerprint density at radius 3 is 2.75 bits per heavy atom. The second-order valence-corrected chi connectivity index (χ2v) is 5.20. The molecule has 5 nitrogen and oxygen atoms in total. The summed E-state index contributed by atoms with van der Waals surface area (Å²) >= 11 is 0. The van der Waals surface area contributed by atoms with Gasteiger partial charge < -0.3 is 14.5 Å². The van der Waals surface area contributed by atoms with Gasteiger partial charge in [-0.2, -0.15) is 0 Å². The number of rotatable bonds is 3. The van der Waals surface area contributed by atoms with Crippen LogP contribution in [0.4, 0.5) is 5.69 Å². The highest BCUT2D eigenvalue weighted by molar-refractivity contribution is 5.95. The SMILES string of the molecule is COC(=O)C1CCN(C(=O)c2cccc(N(C)C)c2)C1. The van der Waals surface area contributed by atoms with Crippen molar-refractivity contribution in [1.82, 2.24) is 4.90 Å². The molecule has 1 atom stereocenters. The molecule has 1 aliphatic heterocycles. The van der Waals surface area contributed by atoms with E-state index in [-0.39, 0.29) is 17.8 Å². The summed E-state index contributed by atoms with van der Waals surface area (Å²) in [5.74, 6) is -0.455. The number of nitrogens with zero attached hydrogens (tertiary/aromatic N) is 2. The van der Waals surface area contributed by atoms with Gasteiger partial charge in [-0.15, -0.1) is 0 Å². The van der Waals surface area contributed by atoms with Crippen LogP contribution in [0.5, 0.6) is 0 Å². The molecule has 1 heterocycles. The number of ether oxygens (including phenoxy) is 1. The second-order valence-electron chi connectivity index (χ2n) is 5.20. The lowest BCUT2D eigenvalue weighted by molar-refractivity contribution is -0.144. The van der Waals surface area contributed by atoms with Crippen LogP contribution < -0.4 is 4.90 Å². The minimum Gasteiger partial charge on any atom is -0.469 e. The number of methoxy groups -OCH3 is 1. The van der Waals surface area contributed by atoms with Crippen molar-refractivity contribution in [2.24, 2.45) is 5.92 Å². The first-order chi connectivity index (χ1) is 9.52. The third-order valence-corrected chi connectivity index (χ3v) is 3.62. The third kappa shape index (κ3) is 2.92. The van der Waals surface area contributed by atoms with Crippen molar-refractivity contribution in [3.63, 3.8) is 0 Å². The van der Waals surface area contributed by atoms with Crippen molar-refractivity contribution in [1.29, 1.82) is 0 Å². The molecule has 0 radical (unpaired) electrons. The van der Waals surface area contributed by atoms with Gasteiger partial charge in [-0.1, -0.05) is 6.07 Å². The van der Waals surface area contributed by atoms with Crippen molar-refractivity contribution in [3.05, 3.63) is 29.8 Å². The zero-order valence-corrected chi connectivity index (χ0v) is 12.1. The summed E-state index contributed by atoms with van der Waals surface area (Å²) in [5, 5.41) is 0. The van der Waals surface area contributed by atoms with Crippen LogP contribution in [-0.2, 0) is 9.53 Å². The summed E-state index contributed by atoms with van der Waals surface area (Å²) in [6.45, 7) is 1.04. The van der Waals surface area contributed by atoms with E-state index in [0.29, 0.717) is 25.1 Å². The fourth-order valence-electron chi connectivity index (χ4n) is 2.40. The molecule has 0 saturated carbocycles. The molecule has 0 aromatic heterocycles. The topological polar surface area (TPSA) is 49.9 Å². The number of amides is 1. The summed E-state index contributed by atoms with van der Waals surface area (Å²) in [5.41, 5.74) is 1.64. The van der Waals surface area contributed by atoms with E-state index in [9.17, 15) is 9.59 Å². The maximum atomic E-state index is 12.4. The van der Waals surface area contributed by atoms with E-state index in [1.54, 1.807) is 11.0 Å². The summed E-state index contributed by atoms with van der Waals surface area (Å²) in [4.78, 5) is 27.6. The molecule has 20 heavy (non-hydrogen) atoms. The van der Waals surface area contributed by atoms with Gasteiger partial charge in [0.2, 0.25) is 0 Å². The number of hydrogen-bond donors (Lipinski definition) is 0. The molecule has 1 saturated heterocycles. The van der Waals surface area contributed by atoms with Crippen molar-refractivity contribution in [3.8, 4) is 0 Å². The fraction of sp³-hybridized carbons (Fsp3) is 0.467. The van der Waals surface area contributed by atoms with Crippen molar-refractivity contribution in [2.45, 2.75) is 6.42 Å². The lowest BCUT2D eigenvalue weighted by Gasteiger charge is -2.18. The summed E-state index contributed by atoms with van der Waals surface area (Å²) in [6.07, 6.45) is 0.672. The minimum atomic E-state index is -0.234. The summed E-state index contributed by atoms with van der Waals surface area (Å²) in [6, 6.07) is 7.50. The van der Waals surface area contributed by atoms with Gasteiger partial charge in [-0.25, -0.2) is 0 Å². The van der Waals surface area contributed by atoms with Crippen LogP contribution in [0.1, 0.15) is 16.8 Å². The quantitative estimate of drug-likeness (QED) is 0.783. The van der Waals surface area contributed by atoms with Crippen molar-refractivity contribution in [2.75, 3.05) is 39.2 Å². The Balaban J connectivity index is 2.09. The zero-order chi connectivity index (χ0) is 14.7. The monoisotopic (exact) mass is 276 g/mol. The number of anilines is 1. The average molecular weight is 276 g/mol. The van der Waals surface area contributed by atoms with E-state index >= 15 is 0 Å². The average Bonchev–Trinajstić information content (AvgIpc) is 2.95. The molecule has 0 spiro atoms. The Hall–Kier alpha value is -2.04. The molecule has 1 aromatic carbocycles. The predicted molar refractivity (Wildman–Crippen MR) is 76.8 cm³/mol. The van der Waals surface area contributed by atoms with Crippen LogP contribution in [-0.4, -0.2) is 51.1 Å². The van der Waals surface area contributed by atoms with E-state index < -0.39 is 0 Å². The molecule has 1 fully saturated rings. The van der Waals surface area contributed by atoms with Crippen LogP contribution >= 0.6 is 0 Å². The molecular weight excluding hydrogens is 256 g/mol. The summed E-state index contributed by atoms with van der Waals surface area (Å²) < 4.78 is 4.73. The summed E-state index contributed by atoms with van der Waals surface area (Å²) in [7, 11) is 5.26. The Bertz CT molecular complexity index is 514. The molecule has 5 heteroatoms. The van der Waals surface area contributed by atoms with Gasteiger partial charge >= 0.3 is 5.97 Å². The van der Waals surface area contributed by atoms with Crippen molar-refractivity contribution < 1.29 is 14.3 Å². The Morgan fingerprint density at radius 2 is 2.10 bits per heavy atom. The first-order valence-electron chi connectivity index (χ1n) is 6.67. The zero-order valence-electron chi connectivity index (χ0n) is 12.1. The molecule has 0 N–H and O–H groups in total. The van der Waals surface area contributed by atoms with Gasteiger partial charge in [-0.05, 0) is 24.6 Å². The van der Waals surface area contributed by atoms with E-state index in [4.69, 9.17) is 4.74 Å². The van der Waals surface area contributed by atoms with E-state index in [1.165, 1.54) is 7.11 Å². The molecular formula is C15H20N2O3. The lowest BCUT2D eigenvalue weighted by atomic mass is 10.1. The maximum Gasteiger partial charge on any atom is 0.310 e. The number of carbonyl (C=O) groups excluding carboxylic acids is 2. The minimum absolute atomic E-state index is 0.0277. The largest absolute Gasteiger partial charge is 0.469 e. The van der Waals surface area contributed by atoms with E-state index in [0.717, 1.165) is 5.69 Å². The molecule has 1 unspecified atom stereocenters. The van der Waals surface area contributed by atoms with Crippen LogP contribution in [0.3, 0.4) is 0 Å². The molecule has 1 aromatic rings. The molecule has 1 amide bonds. The van der Waals surface area contributed by atoms with Gasteiger partial charge in [0.25, 0.3) is 5.91 Å². The molecule has 1 aliphatic rings. The number of hydrogen-bond acceptors (Lipinski definition) is 4. The lowest BCUT2D eigenvalue weighted by Crippen LogP contribution is -2.30. The van der Waals surface area contributed by atoms with Crippen LogP contribution in [0.25, 0.3) is 0 Å². The Morgan fingerprint density at radius 1 is 1.35 bits per heavy atom. The first-order valence-corrected chi connectivity index (χ1v) is 6.67. The molecule has 0 aliphatic carbocycles. The highest BCUT2D eigenvalue weighted by Gasteiger charge is 2.32. The van der Waals surface area contributed by atoms with Crippen LogP contribution in [0.15, 0.2) is 24.3 Å². The van der Waals surface area contributed by atoms with E-state index in [2.05, 4.69) is 0 Å². The van der Waals surface area contributed by atoms with Gasteiger partial charge in [0.05, 0.1) is 13.0 Å². The standard InChI is InChI=1S/C15H20N2O3/c1-16(2)13-6-4-5-11(9-13)14(18)17-8-7-12(10-17)15(19)20-3/h4-6,9,12H,7-8,10H2,1-3H3. The predicted octanol–water partition coefficient (Wildman–Crippen LogP) is 1.39. The van der Waals surface area contributed by atoms with Crippen LogP contribution in [0, 0.1) is 5.92 Å². The number of benzene rings is 1. The number of esters is 1. The first kappa shape index (κ1) is 14.4. The molecule has 108 valence electrons. The number of carbonyl (C=O) groups is 2. The number of likely N-dealkylation sites (tertiary alicyclic amines) is 1. The van der Waals surface area contributed by atoms with Gasteiger partial charge in [0.15, 0.2) is 0 Å². The highest BCUT2D eigenvalue weighted by atomic mass is 16.5. The van der Waals surface area contributed by atoms with Gasteiger partial charge in [0, 0.05) is 38.4 Å².